The number of hydrogen-bond donors (Lipinski definition) is 2. The van der Waals surface area contributed by atoms with E-state index in [0.717, 1.165) is 24.9 Å². The van der Waals surface area contributed by atoms with Crippen molar-refractivity contribution in [3.05, 3.63) is 54.1 Å². The molecule has 0 bridgehead atoms. The Balaban J connectivity index is 0.00000156. The Morgan fingerprint density at radius 2 is 2.12 bits per heavy atom. The maximum absolute atomic E-state index is 12.1. The first-order valence-electron chi connectivity index (χ1n) is 7.91. The number of nitrogens with two attached hydrogens (primary N) is 1. The van der Waals surface area contributed by atoms with Crippen LogP contribution in [0.4, 0.5) is 0 Å². The average Bonchev–Trinajstić information content (AvgIpc) is 3.24. The smallest absolute Gasteiger partial charge is 0.249 e. The highest BCUT2D eigenvalue weighted by Crippen LogP contribution is 2.19. The fourth-order valence-electron chi connectivity index (χ4n) is 2.80. The SMILES string of the molecule is Cl.Cl.NC[C@H]1CC[C@@H](C(=O)NCc2cccc(Cn3ccnc3)c2)O1. The van der Waals surface area contributed by atoms with E-state index < -0.39 is 0 Å². The van der Waals surface area contributed by atoms with Gasteiger partial charge in [0.2, 0.25) is 5.91 Å². The highest BCUT2D eigenvalue weighted by Gasteiger charge is 2.29. The molecule has 1 aromatic carbocycles. The van der Waals surface area contributed by atoms with Crippen LogP contribution in [0, 0.1) is 0 Å². The average molecular weight is 387 g/mol. The number of nitrogens with one attached hydrogen (secondary N) is 1. The number of rotatable bonds is 6. The molecule has 0 aliphatic carbocycles. The summed E-state index contributed by atoms with van der Waals surface area (Å²) < 4.78 is 7.62. The fraction of sp³-hybridized carbons (Fsp3) is 0.412. The number of aromatic nitrogens is 2. The Morgan fingerprint density at radius 1 is 1.32 bits per heavy atom. The number of imidazole rings is 1. The van der Waals surface area contributed by atoms with Gasteiger partial charge in [-0.15, -0.1) is 24.8 Å². The lowest BCUT2D eigenvalue weighted by Gasteiger charge is -2.13. The third kappa shape index (κ3) is 6.01. The van der Waals surface area contributed by atoms with Gasteiger partial charge in [-0.25, -0.2) is 4.98 Å². The van der Waals surface area contributed by atoms with Crippen molar-refractivity contribution < 1.29 is 9.53 Å². The second-order valence-corrected chi connectivity index (χ2v) is 5.83. The van der Waals surface area contributed by atoms with Gasteiger partial charge in [0.15, 0.2) is 0 Å². The number of halogens is 2. The molecule has 1 fully saturated rings. The summed E-state index contributed by atoms with van der Waals surface area (Å²) in [5.41, 5.74) is 7.82. The van der Waals surface area contributed by atoms with Crippen LogP contribution in [0.5, 0.6) is 0 Å². The van der Waals surface area contributed by atoms with Gasteiger partial charge in [0, 0.05) is 32.0 Å². The molecule has 2 heterocycles. The van der Waals surface area contributed by atoms with Crippen molar-refractivity contribution >= 4 is 30.7 Å². The summed E-state index contributed by atoms with van der Waals surface area (Å²) in [6.45, 7) is 1.75. The van der Waals surface area contributed by atoms with E-state index in [0.29, 0.717) is 13.1 Å². The molecule has 6 nitrogen and oxygen atoms in total. The van der Waals surface area contributed by atoms with Gasteiger partial charge < -0.3 is 20.4 Å². The Morgan fingerprint density at radius 3 is 2.80 bits per heavy atom. The van der Waals surface area contributed by atoms with E-state index in [1.165, 1.54) is 5.56 Å². The largest absolute Gasteiger partial charge is 0.364 e. The van der Waals surface area contributed by atoms with Crippen molar-refractivity contribution in [3.63, 3.8) is 0 Å². The molecule has 2 aromatic rings. The van der Waals surface area contributed by atoms with E-state index in [1.54, 1.807) is 12.5 Å². The van der Waals surface area contributed by atoms with Crippen molar-refractivity contribution in [3.8, 4) is 0 Å². The lowest BCUT2D eigenvalue weighted by Crippen LogP contribution is -2.35. The van der Waals surface area contributed by atoms with Gasteiger partial charge in [0.25, 0.3) is 0 Å². The first-order chi connectivity index (χ1) is 11.2. The van der Waals surface area contributed by atoms with Crippen LogP contribution in [0.2, 0.25) is 0 Å². The number of hydrogen-bond acceptors (Lipinski definition) is 4. The van der Waals surface area contributed by atoms with Crippen molar-refractivity contribution in [1.29, 1.82) is 0 Å². The number of carbonyl (C=O) groups excluding carboxylic acids is 1. The molecular formula is C17H24Cl2N4O2. The summed E-state index contributed by atoms with van der Waals surface area (Å²) in [6, 6.07) is 8.18. The van der Waals surface area contributed by atoms with Crippen molar-refractivity contribution in [2.75, 3.05) is 6.54 Å². The standard InChI is InChI=1S/C17H22N4O2.2ClH/c18-9-15-4-5-16(23-15)17(22)20-10-13-2-1-3-14(8-13)11-21-7-6-19-12-21;;/h1-3,6-8,12,15-16H,4-5,9-11,18H2,(H,20,22);2*1H/t15-,16+;;/m1../s1. The molecule has 0 spiro atoms. The Bertz CT molecular complexity index is 652. The molecule has 3 N–H and O–H groups in total. The third-order valence-corrected chi connectivity index (χ3v) is 4.05. The van der Waals surface area contributed by atoms with E-state index in [1.807, 2.05) is 22.9 Å². The van der Waals surface area contributed by atoms with Gasteiger partial charge in [0.1, 0.15) is 6.10 Å². The highest BCUT2D eigenvalue weighted by molar-refractivity contribution is 5.85. The maximum Gasteiger partial charge on any atom is 0.249 e. The minimum absolute atomic E-state index is 0. The van der Waals surface area contributed by atoms with Gasteiger partial charge in [-0.3, -0.25) is 4.79 Å². The predicted octanol–water partition coefficient (Wildman–Crippen LogP) is 1.90. The van der Waals surface area contributed by atoms with Gasteiger partial charge in [0.05, 0.1) is 12.4 Å². The number of ether oxygens (including phenoxy) is 1. The minimum Gasteiger partial charge on any atom is -0.364 e. The van der Waals surface area contributed by atoms with Crippen molar-refractivity contribution in [2.45, 2.75) is 38.1 Å². The molecule has 1 saturated heterocycles. The first kappa shape index (κ1) is 21.4. The van der Waals surface area contributed by atoms with Crippen LogP contribution in [0.1, 0.15) is 24.0 Å². The van der Waals surface area contributed by atoms with Crippen molar-refractivity contribution in [2.24, 2.45) is 5.73 Å². The zero-order valence-corrected chi connectivity index (χ0v) is 15.5. The molecule has 1 amide bonds. The van der Waals surface area contributed by atoms with Crippen LogP contribution >= 0.6 is 24.8 Å². The van der Waals surface area contributed by atoms with Crippen molar-refractivity contribution in [1.82, 2.24) is 14.9 Å². The molecule has 0 radical (unpaired) electrons. The molecule has 138 valence electrons. The predicted molar refractivity (Wildman–Crippen MR) is 101 cm³/mol. The van der Waals surface area contributed by atoms with Gasteiger partial charge in [-0.2, -0.15) is 0 Å². The number of carbonyl (C=O) groups is 1. The maximum atomic E-state index is 12.1. The molecule has 1 aliphatic rings. The molecule has 3 rings (SSSR count). The molecular weight excluding hydrogens is 363 g/mol. The summed E-state index contributed by atoms with van der Waals surface area (Å²) in [4.78, 5) is 16.2. The van der Waals surface area contributed by atoms with Crippen LogP contribution in [-0.4, -0.2) is 34.2 Å². The van der Waals surface area contributed by atoms with Crippen LogP contribution in [0.3, 0.4) is 0 Å². The molecule has 1 aromatic heterocycles. The minimum atomic E-state index is -0.363. The fourth-order valence-corrected chi connectivity index (χ4v) is 2.80. The van der Waals surface area contributed by atoms with Crippen LogP contribution in [0.25, 0.3) is 0 Å². The lowest BCUT2D eigenvalue weighted by atomic mass is 10.1. The number of amides is 1. The normalized spacial score (nSPS) is 18.9. The van der Waals surface area contributed by atoms with Gasteiger partial charge in [-0.1, -0.05) is 24.3 Å². The topological polar surface area (TPSA) is 82.2 Å². The van der Waals surface area contributed by atoms with E-state index >= 15 is 0 Å². The Labute approximate surface area is 160 Å². The highest BCUT2D eigenvalue weighted by atomic mass is 35.5. The van der Waals surface area contributed by atoms with E-state index in [9.17, 15) is 4.79 Å². The summed E-state index contributed by atoms with van der Waals surface area (Å²) in [7, 11) is 0. The van der Waals surface area contributed by atoms with Gasteiger partial charge in [-0.05, 0) is 24.0 Å². The molecule has 25 heavy (non-hydrogen) atoms. The Hall–Kier alpha value is -1.60. The zero-order valence-electron chi connectivity index (χ0n) is 13.8. The van der Waals surface area contributed by atoms with E-state index in [2.05, 4.69) is 22.4 Å². The van der Waals surface area contributed by atoms with Crippen LogP contribution in [0.15, 0.2) is 43.0 Å². The molecule has 0 saturated carbocycles. The lowest BCUT2D eigenvalue weighted by molar-refractivity contribution is -0.132. The zero-order chi connectivity index (χ0) is 16.1. The second-order valence-electron chi connectivity index (χ2n) is 5.83. The third-order valence-electron chi connectivity index (χ3n) is 4.05. The number of nitrogens with zero attached hydrogens (tertiary/aromatic N) is 2. The second kappa shape index (κ2) is 10.4. The van der Waals surface area contributed by atoms with Crippen LogP contribution < -0.4 is 11.1 Å². The summed E-state index contributed by atoms with van der Waals surface area (Å²) in [5.74, 6) is -0.0547. The number of benzene rings is 1. The summed E-state index contributed by atoms with van der Waals surface area (Å²) in [6.07, 6.45) is 6.74. The molecule has 2 atom stereocenters. The van der Waals surface area contributed by atoms with Gasteiger partial charge >= 0.3 is 0 Å². The summed E-state index contributed by atoms with van der Waals surface area (Å²) >= 11 is 0. The van der Waals surface area contributed by atoms with Crippen LogP contribution in [-0.2, 0) is 22.6 Å². The van der Waals surface area contributed by atoms with E-state index in [4.69, 9.17) is 10.5 Å². The summed E-state index contributed by atoms with van der Waals surface area (Å²) in [5, 5.41) is 2.95. The first-order valence-corrected chi connectivity index (χ1v) is 7.91. The molecule has 8 heteroatoms. The molecule has 0 unspecified atom stereocenters. The quantitative estimate of drug-likeness (QED) is 0.793. The molecule has 1 aliphatic heterocycles. The monoisotopic (exact) mass is 386 g/mol. The van der Waals surface area contributed by atoms with E-state index in [-0.39, 0.29) is 42.9 Å². The Kier molecular flexibility index (Phi) is 8.92.